The zero-order valence-electron chi connectivity index (χ0n) is 11.8. The predicted octanol–water partition coefficient (Wildman–Crippen LogP) is 3.17. The fraction of sp³-hybridized carbons (Fsp3) is 0.529. The van der Waals surface area contributed by atoms with Gasteiger partial charge in [0.2, 0.25) is 0 Å². The Morgan fingerprint density at radius 3 is 3.11 bits per heavy atom. The summed E-state index contributed by atoms with van der Waals surface area (Å²) >= 11 is 0. The summed E-state index contributed by atoms with van der Waals surface area (Å²) in [6.07, 6.45) is 9.62. The zero-order valence-corrected chi connectivity index (χ0v) is 11.8. The van der Waals surface area contributed by atoms with Gasteiger partial charge in [-0.25, -0.2) is 0 Å². The highest BCUT2D eigenvalue weighted by atomic mass is 15.0. The summed E-state index contributed by atoms with van der Waals surface area (Å²) < 4.78 is 0. The standard InChI is InChI=1S/C17H22N2/c1-3-12-8-15-13-5-4-6-16-17(13)11(9-18-16)7-14(15)10(2)19-12/h6,8,10,14,18-19H,3-5,7,9H2,1-2H3. The minimum Gasteiger partial charge on any atom is -0.385 e. The van der Waals surface area contributed by atoms with Gasteiger partial charge in [-0.1, -0.05) is 13.0 Å². The van der Waals surface area contributed by atoms with Gasteiger partial charge < -0.3 is 10.6 Å². The number of rotatable bonds is 1. The molecule has 2 aliphatic carbocycles. The number of hydrogen-bond acceptors (Lipinski definition) is 2. The first-order chi connectivity index (χ1) is 9.28. The maximum Gasteiger partial charge on any atom is 0.0379 e. The molecule has 2 unspecified atom stereocenters. The summed E-state index contributed by atoms with van der Waals surface area (Å²) in [6, 6.07) is 0.575. The molecule has 4 aliphatic rings. The number of nitrogens with one attached hydrogen (secondary N) is 2. The SMILES string of the molecule is CCC1=CC2=C3CCC=C4NCC(=C43)CC2C(C)N1. The van der Waals surface area contributed by atoms with Crippen molar-refractivity contribution in [1.82, 2.24) is 10.6 Å². The van der Waals surface area contributed by atoms with Crippen LogP contribution in [0, 0.1) is 5.92 Å². The highest BCUT2D eigenvalue weighted by Gasteiger charge is 2.37. The number of allylic oxidation sites excluding steroid dienone is 4. The highest BCUT2D eigenvalue weighted by Crippen LogP contribution is 2.47. The van der Waals surface area contributed by atoms with E-state index in [1.165, 1.54) is 30.7 Å². The molecule has 2 N–H and O–H groups in total. The van der Waals surface area contributed by atoms with Crippen LogP contribution in [-0.4, -0.2) is 12.6 Å². The van der Waals surface area contributed by atoms with E-state index in [2.05, 4.69) is 36.6 Å². The molecule has 0 radical (unpaired) electrons. The number of hydrogen-bond donors (Lipinski definition) is 2. The van der Waals surface area contributed by atoms with E-state index >= 15 is 0 Å². The molecule has 0 fully saturated rings. The van der Waals surface area contributed by atoms with Crippen molar-refractivity contribution in [1.29, 1.82) is 0 Å². The summed E-state index contributed by atoms with van der Waals surface area (Å²) in [5, 5.41) is 7.28. The molecule has 2 aliphatic heterocycles. The minimum atomic E-state index is 0.575. The molecule has 2 heteroatoms. The lowest BCUT2D eigenvalue weighted by Gasteiger charge is -2.38. The molecule has 100 valence electrons. The fourth-order valence-electron chi connectivity index (χ4n) is 4.13. The Kier molecular flexibility index (Phi) is 2.41. The second-order valence-electron chi connectivity index (χ2n) is 6.19. The van der Waals surface area contributed by atoms with Crippen LogP contribution in [0.2, 0.25) is 0 Å². The van der Waals surface area contributed by atoms with Crippen LogP contribution in [0.1, 0.15) is 39.5 Å². The van der Waals surface area contributed by atoms with E-state index in [9.17, 15) is 0 Å². The molecule has 4 rings (SSSR count). The molecule has 0 amide bonds. The first-order valence-electron chi connectivity index (χ1n) is 7.65. The molecule has 2 atom stereocenters. The van der Waals surface area contributed by atoms with Crippen LogP contribution in [0.25, 0.3) is 0 Å². The van der Waals surface area contributed by atoms with Crippen LogP contribution >= 0.6 is 0 Å². The molecule has 2 heterocycles. The Morgan fingerprint density at radius 1 is 1.37 bits per heavy atom. The molecule has 2 nitrogen and oxygen atoms in total. The average Bonchev–Trinajstić information content (AvgIpc) is 2.85. The van der Waals surface area contributed by atoms with E-state index in [-0.39, 0.29) is 0 Å². The second kappa shape index (κ2) is 4.03. The number of fused-ring (bicyclic) bond motifs is 1. The quantitative estimate of drug-likeness (QED) is 0.751. The zero-order chi connectivity index (χ0) is 13.0. The van der Waals surface area contributed by atoms with Gasteiger partial charge >= 0.3 is 0 Å². The van der Waals surface area contributed by atoms with E-state index in [0.29, 0.717) is 12.0 Å². The summed E-state index contributed by atoms with van der Waals surface area (Å²) in [7, 11) is 0. The summed E-state index contributed by atoms with van der Waals surface area (Å²) in [6.45, 7) is 5.67. The molecule has 0 spiro atoms. The second-order valence-corrected chi connectivity index (χ2v) is 6.19. The lowest BCUT2D eigenvalue weighted by molar-refractivity contribution is 0.421. The third-order valence-corrected chi connectivity index (χ3v) is 5.10. The van der Waals surface area contributed by atoms with Gasteiger partial charge in [-0.15, -0.1) is 0 Å². The Bertz CT molecular complexity index is 560. The molecule has 0 aromatic heterocycles. The van der Waals surface area contributed by atoms with Crippen LogP contribution in [0.3, 0.4) is 0 Å². The van der Waals surface area contributed by atoms with Crippen LogP contribution < -0.4 is 10.6 Å². The topological polar surface area (TPSA) is 24.1 Å². The lowest BCUT2D eigenvalue weighted by Crippen LogP contribution is -2.39. The van der Waals surface area contributed by atoms with Gasteiger partial charge in [-0.05, 0) is 55.4 Å². The van der Waals surface area contributed by atoms with Crippen molar-refractivity contribution in [3.63, 3.8) is 0 Å². The maximum atomic E-state index is 3.69. The largest absolute Gasteiger partial charge is 0.385 e. The first kappa shape index (κ1) is 11.4. The predicted molar refractivity (Wildman–Crippen MR) is 78.5 cm³/mol. The van der Waals surface area contributed by atoms with Crippen molar-refractivity contribution in [2.75, 3.05) is 6.54 Å². The van der Waals surface area contributed by atoms with Gasteiger partial charge in [0.15, 0.2) is 0 Å². The van der Waals surface area contributed by atoms with Crippen molar-refractivity contribution < 1.29 is 0 Å². The Hall–Kier alpha value is -1.44. The summed E-state index contributed by atoms with van der Waals surface area (Å²) in [5.41, 5.74) is 9.34. The van der Waals surface area contributed by atoms with E-state index < -0.39 is 0 Å². The normalized spacial score (nSPS) is 32.1. The van der Waals surface area contributed by atoms with E-state index in [1.807, 2.05) is 0 Å². The van der Waals surface area contributed by atoms with Crippen LogP contribution in [-0.2, 0) is 0 Å². The molecule has 0 bridgehead atoms. The first-order valence-corrected chi connectivity index (χ1v) is 7.65. The monoisotopic (exact) mass is 254 g/mol. The van der Waals surface area contributed by atoms with Gasteiger partial charge in [0.05, 0.1) is 0 Å². The maximum absolute atomic E-state index is 3.69. The molecular weight excluding hydrogens is 232 g/mol. The molecule has 0 saturated heterocycles. The minimum absolute atomic E-state index is 0.575. The summed E-state index contributed by atoms with van der Waals surface area (Å²) in [5.74, 6) is 0.684. The molecular formula is C17H22N2. The lowest BCUT2D eigenvalue weighted by atomic mass is 9.72. The van der Waals surface area contributed by atoms with Gasteiger partial charge in [-0.3, -0.25) is 0 Å². The highest BCUT2D eigenvalue weighted by molar-refractivity contribution is 5.62. The average molecular weight is 254 g/mol. The molecule has 19 heavy (non-hydrogen) atoms. The van der Waals surface area contributed by atoms with Gasteiger partial charge in [0, 0.05) is 35.5 Å². The molecule has 0 aromatic rings. The van der Waals surface area contributed by atoms with E-state index in [0.717, 1.165) is 13.0 Å². The van der Waals surface area contributed by atoms with E-state index in [4.69, 9.17) is 0 Å². The van der Waals surface area contributed by atoms with Crippen LogP contribution in [0.4, 0.5) is 0 Å². The van der Waals surface area contributed by atoms with Crippen molar-refractivity contribution in [3.05, 3.63) is 45.8 Å². The van der Waals surface area contributed by atoms with Crippen molar-refractivity contribution in [2.24, 2.45) is 5.92 Å². The van der Waals surface area contributed by atoms with Gasteiger partial charge in [0.1, 0.15) is 0 Å². The van der Waals surface area contributed by atoms with Crippen LogP contribution in [0.5, 0.6) is 0 Å². The smallest absolute Gasteiger partial charge is 0.0379 e. The fourth-order valence-corrected chi connectivity index (χ4v) is 4.13. The van der Waals surface area contributed by atoms with Crippen molar-refractivity contribution in [3.8, 4) is 0 Å². The Labute approximate surface area is 115 Å². The van der Waals surface area contributed by atoms with E-state index in [1.54, 1.807) is 22.3 Å². The summed E-state index contributed by atoms with van der Waals surface area (Å²) in [4.78, 5) is 0. The van der Waals surface area contributed by atoms with Gasteiger partial charge in [-0.2, -0.15) is 0 Å². The Morgan fingerprint density at radius 2 is 2.26 bits per heavy atom. The molecule has 0 saturated carbocycles. The molecule has 0 aromatic carbocycles. The van der Waals surface area contributed by atoms with Crippen LogP contribution in [0.15, 0.2) is 45.8 Å². The van der Waals surface area contributed by atoms with Crippen molar-refractivity contribution >= 4 is 0 Å². The Balaban J connectivity index is 1.89. The van der Waals surface area contributed by atoms with Crippen molar-refractivity contribution in [2.45, 2.75) is 45.6 Å². The third kappa shape index (κ3) is 1.55. The third-order valence-electron chi connectivity index (χ3n) is 5.10. The van der Waals surface area contributed by atoms with Gasteiger partial charge in [0.25, 0.3) is 0 Å².